The molecule has 1 aromatic carbocycles. The first kappa shape index (κ1) is 15.7. The lowest BCUT2D eigenvalue weighted by Gasteiger charge is -2.10. The van der Waals surface area contributed by atoms with Crippen molar-refractivity contribution in [1.29, 1.82) is 0 Å². The Morgan fingerprint density at radius 2 is 2.10 bits per heavy atom. The minimum absolute atomic E-state index is 0.0176. The summed E-state index contributed by atoms with van der Waals surface area (Å²) >= 11 is 1.36. The number of thiophene rings is 1. The molecule has 1 heterocycles. The number of hydrogen-bond donors (Lipinski definition) is 2. The van der Waals surface area contributed by atoms with Gasteiger partial charge in [0.25, 0.3) is 10.0 Å². The first-order chi connectivity index (χ1) is 9.97. The van der Waals surface area contributed by atoms with Crippen LogP contribution in [0.4, 0.5) is 10.1 Å². The first-order valence-corrected chi connectivity index (χ1v) is 8.41. The van der Waals surface area contributed by atoms with Gasteiger partial charge >= 0.3 is 0 Å². The zero-order chi connectivity index (χ0) is 15.5. The monoisotopic (exact) mass is 330 g/mol. The molecule has 0 amide bonds. The molecule has 0 spiro atoms. The van der Waals surface area contributed by atoms with Gasteiger partial charge in [-0.15, -0.1) is 11.3 Å². The average molecular weight is 330 g/mol. The molecule has 0 fully saturated rings. The van der Waals surface area contributed by atoms with Gasteiger partial charge < -0.3 is 10.1 Å². The molecule has 0 aliphatic carbocycles. The predicted molar refractivity (Wildman–Crippen MR) is 80.8 cm³/mol. The Balaban J connectivity index is 2.31. The molecule has 0 radical (unpaired) electrons. The van der Waals surface area contributed by atoms with E-state index in [1.54, 1.807) is 18.5 Å². The van der Waals surface area contributed by atoms with E-state index in [0.29, 0.717) is 11.4 Å². The highest BCUT2D eigenvalue weighted by molar-refractivity contribution is 7.93. The molecule has 0 bridgehead atoms. The lowest BCUT2D eigenvalue weighted by Crippen LogP contribution is -2.15. The fourth-order valence-electron chi connectivity index (χ4n) is 1.79. The number of sulfonamides is 1. The Kier molecular flexibility index (Phi) is 4.81. The van der Waals surface area contributed by atoms with Crippen molar-refractivity contribution >= 4 is 27.0 Å². The molecular formula is C13H15FN2O3S2. The lowest BCUT2D eigenvalue weighted by molar-refractivity contribution is 0.387. The van der Waals surface area contributed by atoms with Crippen LogP contribution >= 0.6 is 11.3 Å². The molecular weight excluding hydrogens is 315 g/mol. The van der Waals surface area contributed by atoms with Gasteiger partial charge in [-0.3, -0.25) is 4.72 Å². The molecule has 0 saturated carbocycles. The van der Waals surface area contributed by atoms with E-state index in [9.17, 15) is 12.8 Å². The summed E-state index contributed by atoms with van der Waals surface area (Å²) in [5, 5.41) is 4.64. The quantitative estimate of drug-likeness (QED) is 0.853. The summed E-state index contributed by atoms with van der Waals surface area (Å²) < 4.78 is 45.3. The molecule has 0 aliphatic heterocycles. The van der Waals surface area contributed by atoms with Gasteiger partial charge in [0, 0.05) is 17.5 Å². The molecule has 2 N–H and O–H groups in total. The highest BCUT2D eigenvalue weighted by atomic mass is 32.2. The van der Waals surface area contributed by atoms with Gasteiger partial charge in [0.1, 0.15) is 4.90 Å². The average Bonchev–Trinajstić information content (AvgIpc) is 2.90. The highest BCUT2D eigenvalue weighted by Crippen LogP contribution is 2.27. The van der Waals surface area contributed by atoms with Crippen LogP contribution in [0.15, 0.2) is 34.5 Å². The summed E-state index contributed by atoms with van der Waals surface area (Å²) in [6.45, 7) is 0.459. The van der Waals surface area contributed by atoms with Crippen LogP contribution < -0.4 is 14.8 Å². The summed E-state index contributed by atoms with van der Waals surface area (Å²) in [7, 11) is -0.654. The number of halogens is 1. The molecule has 21 heavy (non-hydrogen) atoms. The first-order valence-electron chi connectivity index (χ1n) is 6.05. The van der Waals surface area contributed by atoms with Gasteiger partial charge in [-0.25, -0.2) is 12.8 Å². The number of anilines is 1. The second-order valence-electron chi connectivity index (χ2n) is 4.19. The van der Waals surface area contributed by atoms with Crippen molar-refractivity contribution in [3.8, 4) is 5.75 Å². The Labute approximate surface area is 126 Å². The van der Waals surface area contributed by atoms with Gasteiger partial charge in [0.05, 0.1) is 12.8 Å². The molecule has 0 saturated heterocycles. The van der Waals surface area contributed by atoms with E-state index in [-0.39, 0.29) is 16.3 Å². The fraction of sp³-hybridized carbons (Fsp3) is 0.231. The van der Waals surface area contributed by atoms with E-state index < -0.39 is 15.8 Å². The van der Waals surface area contributed by atoms with Crippen LogP contribution in [-0.4, -0.2) is 22.6 Å². The number of methoxy groups -OCH3 is 1. The van der Waals surface area contributed by atoms with Crippen LogP contribution in [0.5, 0.6) is 5.75 Å². The van der Waals surface area contributed by atoms with E-state index in [2.05, 4.69) is 10.0 Å². The minimum atomic E-state index is -3.72. The molecule has 1 aromatic heterocycles. The number of ether oxygens (including phenoxy) is 1. The van der Waals surface area contributed by atoms with E-state index in [1.807, 2.05) is 0 Å². The van der Waals surface area contributed by atoms with E-state index >= 15 is 0 Å². The van der Waals surface area contributed by atoms with E-state index in [0.717, 1.165) is 6.07 Å². The van der Waals surface area contributed by atoms with E-state index in [4.69, 9.17) is 4.74 Å². The van der Waals surface area contributed by atoms with Crippen molar-refractivity contribution < 1.29 is 17.5 Å². The third-order valence-electron chi connectivity index (χ3n) is 2.73. The van der Waals surface area contributed by atoms with Gasteiger partial charge in [-0.1, -0.05) is 0 Å². The molecule has 0 aliphatic rings. The van der Waals surface area contributed by atoms with Crippen molar-refractivity contribution in [2.45, 2.75) is 11.4 Å². The number of benzene rings is 1. The second kappa shape index (κ2) is 6.42. The summed E-state index contributed by atoms with van der Waals surface area (Å²) in [4.78, 5) is 0.921. The van der Waals surface area contributed by atoms with Crippen molar-refractivity contribution in [2.24, 2.45) is 0 Å². The molecule has 8 heteroatoms. The summed E-state index contributed by atoms with van der Waals surface area (Å²) in [5.41, 5.74) is 0.245. The summed E-state index contributed by atoms with van der Waals surface area (Å²) in [6, 6.07) is 5.34. The molecule has 5 nitrogen and oxygen atoms in total. The molecule has 2 aromatic rings. The number of hydrogen-bond acceptors (Lipinski definition) is 5. The fourth-order valence-corrected chi connectivity index (χ4v) is 4.30. The van der Waals surface area contributed by atoms with Gasteiger partial charge in [-0.05, 0) is 30.6 Å². The van der Waals surface area contributed by atoms with Gasteiger partial charge in [0.2, 0.25) is 0 Å². The molecule has 114 valence electrons. The third kappa shape index (κ3) is 3.52. The number of nitrogens with one attached hydrogen (secondary N) is 2. The smallest absolute Gasteiger partial charge is 0.263 e. The third-order valence-corrected chi connectivity index (χ3v) is 5.25. The maximum atomic E-state index is 13.3. The summed E-state index contributed by atoms with van der Waals surface area (Å²) in [6.07, 6.45) is 0. The topological polar surface area (TPSA) is 67.4 Å². The second-order valence-corrected chi connectivity index (χ2v) is 6.84. The predicted octanol–water partition coefficient (Wildman–Crippen LogP) is 2.42. The van der Waals surface area contributed by atoms with Crippen molar-refractivity contribution in [3.05, 3.63) is 40.3 Å². The Bertz CT molecular complexity index is 729. The zero-order valence-electron chi connectivity index (χ0n) is 11.5. The van der Waals surface area contributed by atoms with Crippen LogP contribution in [0.2, 0.25) is 0 Å². The highest BCUT2D eigenvalue weighted by Gasteiger charge is 2.20. The van der Waals surface area contributed by atoms with Crippen molar-refractivity contribution in [1.82, 2.24) is 5.32 Å². The SMILES string of the molecule is CNCc1sccc1S(=O)(=O)Nc1ccc(F)c(OC)c1. The van der Waals surface area contributed by atoms with Gasteiger partial charge in [-0.2, -0.15) is 0 Å². The minimum Gasteiger partial charge on any atom is -0.494 e. The van der Waals surface area contributed by atoms with Crippen LogP contribution in [0, 0.1) is 5.82 Å². The van der Waals surface area contributed by atoms with Gasteiger partial charge in [0.15, 0.2) is 11.6 Å². The lowest BCUT2D eigenvalue weighted by atomic mass is 10.3. The summed E-state index contributed by atoms with van der Waals surface area (Å²) in [5.74, 6) is -0.567. The standard InChI is InChI=1S/C13H15FN2O3S2/c1-15-8-12-13(5-6-20-12)21(17,18)16-9-3-4-10(14)11(7-9)19-2/h3-7,15-16H,8H2,1-2H3. The van der Waals surface area contributed by atoms with Crippen LogP contribution in [0.3, 0.4) is 0 Å². The van der Waals surface area contributed by atoms with Crippen molar-refractivity contribution in [2.75, 3.05) is 18.9 Å². The maximum absolute atomic E-state index is 13.3. The van der Waals surface area contributed by atoms with Crippen LogP contribution in [-0.2, 0) is 16.6 Å². The van der Waals surface area contributed by atoms with Crippen LogP contribution in [0.1, 0.15) is 4.88 Å². The molecule has 2 rings (SSSR count). The zero-order valence-corrected chi connectivity index (χ0v) is 13.1. The van der Waals surface area contributed by atoms with E-state index in [1.165, 1.54) is 30.6 Å². The normalized spacial score (nSPS) is 11.4. The Morgan fingerprint density at radius 1 is 1.33 bits per heavy atom. The Morgan fingerprint density at radius 3 is 2.76 bits per heavy atom. The van der Waals surface area contributed by atoms with Crippen molar-refractivity contribution in [3.63, 3.8) is 0 Å². The maximum Gasteiger partial charge on any atom is 0.263 e. The molecule has 0 atom stereocenters. The van der Waals surface area contributed by atoms with Crippen LogP contribution in [0.25, 0.3) is 0 Å². The molecule has 0 unspecified atom stereocenters. The number of rotatable bonds is 6. The largest absolute Gasteiger partial charge is 0.494 e. The Hall–Kier alpha value is -1.64.